The molecule has 0 bridgehead atoms. The Labute approximate surface area is 127 Å². The van der Waals surface area contributed by atoms with Crippen molar-refractivity contribution in [2.24, 2.45) is 0 Å². The molecule has 0 aromatic carbocycles. The van der Waals surface area contributed by atoms with Gasteiger partial charge in [0.05, 0.1) is 13.1 Å². The fourth-order valence-corrected chi connectivity index (χ4v) is 1.94. The molecule has 0 aliphatic carbocycles. The van der Waals surface area contributed by atoms with Crippen molar-refractivity contribution < 1.29 is 19.1 Å². The smallest absolute Gasteiger partial charge is 0.411 e. The predicted octanol–water partition coefficient (Wildman–Crippen LogP) is 2.23. The quantitative estimate of drug-likeness (QED) is 0.748. The van der Waals surface area contributed by atoms with Crippen LogP contribution in [-0.4, -0.2) is 59.4 Å². The Bertz CT molecular complexity index is 382. The molecule has 0 aromatic rings. The average molecular weight is 300 g/mol. The van der Waals surface area contributed by atoms with Crippen LogP contribution in [0, 0.1) is 0 Å². The molecule has 0 spiro atoms. The lowest BCUT2D eigenvalue weighted by molar-refractivity contribution is -0.155. The fourth-order valence-electron chi connectivity index (χ4n) is 1.94. The Kier molecular flexibility index (Phi) is 5.61. The van der Waals surface area contributed by atoms with Crippen molar-refractivity contribution in [3.8, 4) is 0 Å². The first-order chi connectivity index (χ1) is 9.46. The molecular formula is C15H28N2O4. The zero-order valence-electron chi connectivity index (χ0n) is 14.1. The number of rotatable bonds is 3. The summed E-state index contributed by atoms with van der Waals surface area (Å²) in [5.74, 6) is -0.210. The summed E-state index contributed by atoms with van der Waals surface area (Å²) >= 11 is 0. The minimum Gasteiger partial charge on any atom is -0.460 e. The van der Waals surface area contributed by atoms with Crippen LogP contribution < -0.4 is 0 Å². The van der Waals surface area contributed by atoms with E-state index in [4.69, 9.17) is 9.47 Å². The van der Waals surface area contributed by atoms with E-state index in [1.807, 2.05) is 46.4 Å². The molecule has 6 heteroatoms. The molecule has 0 aromatic heterocycles. The number of hydrogen-bond donors (Lipinski definition) is 0. The molecular weight excluding hydrogens is 272 g/mol. The number of carbonyl (C=O) groups excluding carboxylic acids is 2. The third-order valence-electron chi connectivity index (χ3n) is 2.76. The molecule has 0 radical (unpaired) electrons. The number of carbonyl (C=O) groups is 2. The molecule has 1 fully saturated rings. The summed E-state index contributed by atoms with van der Waals surface area (Å²) in [5, 5.41) is 0. The van der Waals surface area contributed by atoms with Crippen molar-refractivity contribution in [2.45, 2.75) is 59.2 Å². The lowest BCUT2D eigenvalue weighted by atomic mass is 10.2. The lowest BCUT2D eigenvalue weighted by Crippen LogP contribution is -2.37. The van der Waals surface area contributed by atoms with Gasteiger partial charge in [0.15, 0.2) is 0 Å². The average Bonchev–Trinajstić information content (AvgIpc) is 2.70. The molecule has 0 saturated carbocycles. The second kappa shape index (κ2) is 6.64. The molecule has 122 valence electrons. The van der Waals surface area contributed by atoms with Gasteiger partial charge in [0.1, 0.15) is 11.2 Å². The van der Waals surface area contributed by atoms with Gasteiger partial charge in [-0.25, -0.2) is 4.79 Å². The summed E-state index contributed by atoms with van der Waals surface area (Å²) in [4.78, 5) is 27.3. The topological polar surface area (TPSA) is 59.1 Å². The summed E-state index contributed by atoms with van der Waals surface area (Å²) in [7, 11) is 0. The highest BCUT2D eigenvalue weighted by atomic mass is 16.6. The molecule has 1 aliphatic heterocycles. The number of esters is 1. The predicted molar refractivity (Wildman–Crippen MR) is 79.8 cm³/mol. The van der Waals surface area contributed by atoms with E-state index in [0.717, 1.165) is 6.54 Å². The van der Waals surface area contributed by atoms with Gasteiger partial charge < -0.3 is 9.47 Å². The summed E-state index contributed by atoms with van der Waals surface area (Å²) in [6.07, 6.45) is 0.0293. The van der Waals surface area contributed by atoms with Crippen molar-refractivity contribution in [2.75, 3.05) is 26.3 Å². The van der Waals surface area contributed by atoms with Crippen LogP contribution in [0.4, 0.5) is 4.79 Å². The van der Waals surface area contributed by atoms with E-state index in [1.54, 1.807) is 4.90 Å². The van der Waals surface area contributed by atoms with E-state index in [9.17, 15) is 9.59 Å². The maximum absolute atomic E-state index is 11.9. The van der Waals surface area contributed by atoms with E-state index in [1.165, 1.54) is 0 Å². The van der Waals surface area contributed by atoms with Gasteiger partial charge in [-0.15, -0.1) is 0 Å². The monoisotopic (exact) mass is 300 g/mol. The fraction of sp³-hybridized carbons (Fsp3) is 0.867. The Morgan fingerprint density at radius 2 is 1.52 bits per heavy atom. The molecule has 0 unspecified atom stereocenters. The Hall–Kier alpha value is -1.30. The largest absolute Gasteiger partial charge is 0.460 e. The number of nitrogens with zero attached hydrogens (tertiary/aromatic N) is 2. The SMILES string of the molecule is CC(C)(C)OC(=O)CCN1CCN(C(=O)OC(C)(C)C)C1. The molecule has 0 atom stereocenters. The van der Waals surface area contributed by atoms with E-state index in [2.05, 4.69) is 0 Å². The number of ether oxygens (including phenoxy) is 2. The molecule has 1 heterocycles. The highest BCUT2D eigenvalue weighted by Crippen LogP contribution is 2.14. The van der Waals surface area contributed by atoms with E-state index < -0.39 is 11.2 Å². The second-order valence-corrected chi connectivity index (χ2v) is 7.34. The molecule has 6 nitrogen and oxygen atoms in total. The lowest BCUT2D eigenvalue weighted by Gasteiger charge is -2.24. The van der Waals surface area contributed by atoms with Crippen LogP contribution in [0.5, 0.6) is 0 Å². The van der Waals surface area contributed by atoms with Crippen LogP contribution >= 0.6 is 0 Å². The summed E-state index contributed by atoms with van der Waals surface area (Å²) in [5.41, 5.74) is -0.939. The zero-order valence-corrected chi connectivity index (χ0v) is 14.1. The third kappa shape index (κ3) is 7.32. The van der Waals surface area contributed by atoms with E-state index in [0.29, 0.717) is 26.2 Å². The van der Waals surface area contributed by atoms with Gasteiger partial charge in [-0.2, -0.15) is 0 Å². The third-order valence-corrected chi connectivity index (χ3v) is 2.76. The van der Waals surface area contributed by atoms with Crippen LogP contribution in [-0.2, 0) is 14.3 Å². The number of amides is 1. The van der Waals surface area contributed by atoms with Gasteiger partial charge in [0.2, 0.25) is 0 Å². The highest BCUT2D eigenvalue weighted by molar-refractivity contribution is 5.70. The Balaban J connectivity index is 2.32. The zero-order chi connectivity index (χ0) is 16.3. The Morgan fingerprint density at radius 3 is 2.05 bits per heavy atom. The van der Waals surface area contributed by atoms with Gasteiger partial charge in [-0.1, -0.05) is 0 Å². The second-order valence-electron chi connectivity index (χ2n) is 7.34. The minimum absolute atomic E-state index is 0.210. The van der Waals surface area contributed by atoms with Crippen LogP contribution in [0.1, 0.15) is 48.0 Å². The van der Waals surface area contributed by atoms with Crippen molar-refractivity contribution >= 4 is 12.1 Å². The van der Waals surface area contributed by atoms with Crippen LogP contribution in [0.3, 0.4) is 0 Å². The van der Waals surface area contributed by atoms with Crippen molar-refractivity contribution in [1.82, 2.24) is 9.80 Å². The van der Waals surface area contributed by atoms with Crippen molar-refractivity contribution in [3.63, 3.8) is 0 Å². The van der Waals surface area contributed by atoms with Crippen LogP contribution in [0.2, 0.25) is 0 Å². The van der Waals surface area contributed by atoms with Gasteiger partial charge in [-0.3, -0.25) is 14.6 Å². The molecule has 1 rings (SSSR count). The number of hydrogen-bond acceptors (Lipinski definition) is 5. The van der Waals surface area contributed by atoms with Gasteiger partial charge in [0, 0.05) is 19.6 Å². The molecule has 0 N–H and O–H groups in total. The summed E-state index contributed by atoms with van der Waals surface area (Å²) in [6, 6.07) is 0. The summed E-state index contributed by atoms with van der Waals surface area (Å²) in [6.45, 7) is 13.6. The highest BCUT2D eigenvalue weighted by Gasteiger charge is 2.28. The van der Waals surface area contributed by atoms with Gasteiger partial charge in [0.25, 0.3) is 0 Å². The maximum atomic E-state index is 11.9. The standard InChI is InChI=1S/C15H28N2O4/c1-14(2,3)20-12(18)7-8-16-9-10-17(11-16)13(19)21-15(4,5)6/h7-11H2,1-6H3. The first-order valence-electron chi connectivity index (χ1n) is 7.38. The summed E-state index contributed by atoms with van der Waals surface area (Å²) < 4.78 is 10.6. The van der Waals surface area contributed by atoms with Crippen LogP contribution in [0.15, 0.2) is 0 Å². The van der Waals surface area contributed by atoms with E-state index in [-0.39, 0.29) is 12.1 Å². The molecule has 1 saturated heterocycles. The molecule has 1 amide bonds. The van der Waals surface area contributed by atoms with Crippen molar-refractivity contribution in [1.29, 1.82) is 0 Å². The maximum Gasteiger partial charge on any atom is 0.411 e. The molecule has 21 heavy (non-hydrogen) atoms. The normalized spacial score (nSPS) is 17.0. The molecule has 1 aliphatic rings. The van der Waals surface area contributed by atoms with Gasteiger partial charge in [-0.05, 0) is 41.5 Å². The minimum atomic E-state index is -0.485. The van der Waals surface area contributed by atoms with E-state index >= 15 is 0 Å². The first kappa shape index (κ1) is 17.8. The first-order valence-corrected chi connectivity index (χ1v) is 7.38. The van der Waals surface area contributed by atoms with Gasteiger partial charge >= 0.3 is 12.1 Å². The Morgan fingerprint density at radius 1 is 0.952 bits per heavy atom. The van der Waals surface area contributed by atoms with Crippen molar-refractivity contribution in [3.05, 3.63) is 0 Å². The van der Waals surface area contributed by atoms with Crippen LogP contribution in [0.25, 0.3) is 0 Å².